The summed E-state index contributed by atoms with van der Waals surface area (Å²) in [6.07, 6.45) is 0.245. The number of halogens is 1. The summed E-state index contributed by atoms with van der Waals surface area (Å²) in [6, 6.07) is 0. The Morgan fingerprint density at radius 2 is 2.29 bits per heavy atom. The van der Waals surface area contributed by atoms with Gasteiger partial charge in [0.15, 0.2) is 0 Å². The smallest absolute Gasteiger partial charge is 0.0909 e. The SMILES string of the molecule is CC1OCC1(C)Cl. The van der Waals surface area contributed by atoms with Crippen molar-refractivity contribution in [2.45, 2.75) is 24.8 Å². The average Bonchev–Trinajstić information content (AvgIpc) is 1.63. The maximum atomic E-state index is 5.83. The van der Waals surface area contributed by atoms with Crippen molar-refractivity contribution in [3.63, 3.8) is 0 Å². The topological polar surface area (TPSA) is 9.23 Å². The molecule has 0 radical (unpaired) electrons. The molecule has 1 aliphatic heterocycles. The molecule has 1 rings (SSSR count). The second-order valence-corrected chi connectivity index (χ2v) is 3.09. The lowest BCUT2D eigenvalue weighted by atomic mass is 10.0. The van der Waals surface area contributed by atoms with Crippen molar-refractivity contribution in [1.82, 2.24) is 0 Å². The number of hydrogen-bond donors (Lipinski definition) is 0. The van der Waals surface area contributed by atoms with Gasteiger partial charge < -0.3 is 4.74 Å². The number of hydrogen-bond acceptors (Lipinski definition) is 1. The van der Waals surface area contributed by atoms with Gasteiger partial charge in [0.1, 0.15) is 0 Å². The second kappa shape index (κ2) is 1.36. The van der Waals surface area contributed by atoms with Crippen molar-refractivity contribution in [2.24, 2.45) is 0 Å². The Labute approximate surface area is 48.6 Å². The van der Waals surface area contributed by atoms with Crippen LogP contribution in [0.4, 0.5) is 0 Å². The number of rotatable bonds is 0. The third-order valence-corrected chi connectivity index (χ3v) is 1.88. The summed E-state index contributed by atoms with van der Waals surface area (Å²) in [5, 5.41) is 0. The Hall–Kier alpha value is 0.250. The fourth-order valence-corrected chi connectivity index (χ4v) is 0.606. The van der Waals surface area contributed by atoms with Gasteiger partial charge in [-0.1, -0.05) is 0 Å². The molecule has 0 amide bonds. The highest BCUT2D eigenvalue weighted by Gasteiger charge is 2.38. The van der Waals surface area contributed by atoms with E-state index in [4.69, 9.17) is 16.3 Å². The van der Waals surface area contributed by atoms with E-state index in [9.17, 15) is 0 Å². The first-order valence-electron chi connectivity index (χ1n) is 2.43. The first-order valence-corrected chi connectivity index (χ1v) is 2.81. The predicted molar refractivity (Wildman–Crippen MR) is 29.7 cm³/mol. The van der Waals surface area contributed by atoms with Crippen LogP contribution in [-0.2, 0) is 4.74 Å². The molecule has 1 fully saturated rings. The Morgan fingerprint density at radius 3 is 2.29 bits per heavy atom. The summed E-state index contributed by atoms with van der Waals surface area (Å²) >= 11 is 5.83. The van der Waals surface area contributed by atoms with Crippen LogP contribution in [0.25, 0.3) is 0 Å². The van der Waals surface area contributed by atoms with E-state index in [1.54, 1.807) is 0 Å². The molecule has 0 aromatic carbocycles. The van der Waals surface area contributed by atoms with Gasteiger partial charge in [0.2, 0.25) is 0 Å². The van der Waals surface area contributed by atoms with Crippen LogP contribution in [0.2, 0.25) is 0 Å². The fraction of sp³-hybridized carbons (Fsp3) is 1.00. The average molecular weight is 121 g/mol. The van der Waals surface area contributed by atoms with Gasteiger partial charge in [-0.05, 0) is 13.8 Å². The highest BCUT2D eigenvalue weighted by molar-refractivity contribution is 6.24. The monoisotopic (exact) mass is 120 g/mol. The van der Waals surface area contributed by atoms with Gasteiger partial charge in [0, 0.05) is 0 Å². The van der Waals surface area contributed by atoms with Crippen LogP contribution in [0.15, 0.2) is 0 Å². The molecule has 1 saturated heterocycles. The second-order valence-electron chi connectivity index (χ2n) is 2.23. The summed E-state index contributed by atoms with van der Waals surface area (Å²) < 4.78 is 5.01. The molecule has 0 bridgehead atoms. The first-order chi connectivity index (χ1) is 3.13. The van der Waals surface area contributed by atoms with Crippen molar-refractivity contribution in [1.29, 1.82) is 0 Å². The lowest BCUT2D eigenvalue weighted by Gasteiger charge is -2.39. The van der Waals surface area contributed by atoms with E-state index in [0.717, 1.165) is 0 Å². The Morgan fingerprint density at radius 1 is 1.86 bits per heavy atom. The molecule has 7 heavy (non-hydrogen) atoms. The maximum Gasteiger partial charge on any atom is 0.0909 e. The molecule has 1 aliphatic rings. The van der Waals surface area contributed by atoms with Gasteiger partial charge in [0.05, 0.1) is 17.6 Å². The Bertz CT molecular complexity index is 80.1. The first kappa shape index (κ1) is 5.39. The summed E-state index contributed by atoms with van der Waals surface area (Å²) in [7, 11) is 0. The van der Waals surface area contributed by atoms with Crippen molar-refractivity contribution in [3.05, 3.63) is 0 Å². The molecule has 0 aliphatic carbocycles. The maximum absolute atomic E-state index is 5.83. The van der Waals surface area contributed by atoms with E-state index >= 15 is 0 Å². The fourth-order valence-electron chi connectivity index (χ4n) is 0.480. The van der Waals surface area contributed by atoms with Crippen LogP contribution in [-0.4, -0.2) is 17.6 Å². The summed E-state index contributed by atoms with van der Waals surface area (Å²) in [4.78, 5) is -0.0694. The number of alkyl halides is 1. The minimum Gasteiger partial charge on any atom is -0.375 e. The molecular formula is C5H9ClO. The molecule has 1 nitrogen and oxygen atoms in total. The van der Waals surface area contributed by atoms with Crippen LogP contribution in [0, 0.1) is 0 Å². The van der Waals surface area contributed by atoms with E-state index in [-0.39, 0.29) is 11.0 Å². The third-order valence-electron chi connectivity index (χ3n) is 1.46. The minimum atomic E-state index is -0.0694. The van der Waals surface area contributed by atoms with Gasteiger partial charge >= 0.3 is 0 Å². The zero-order chi connectivity index (χ0) is 5.49. The summed E-state index contributed by atoms with van der Waals surface area (Å²) in [5.74, 6) is 0. The van der Waals surface area contributed by atoms with Gasteiger partial charge in [-0.3, -0.25) is 0 Å². The third kappa shape index (κ3) is 0.752. The van der Waals surface area contributed by atoms with Crippen molar-refractivity contribution < 1.29 is 4.74 Å². The lowest BCUT2D eigenvalue weighted by molar-refractivity contribution is -0.0760. The Balaban J connectivity index is 2.43. The zero-order valence-electron chi connectivity index (χ0n) is 4.57. The molecule has 2 heteroatoms. The summed E-state index contributed by atoms with van der Waals surface area (Å²) in [5.41, 5.74) is 0. The normalized spacial score (nSPS) is 51.0. The molecular weight excluding hydrogens is 112 g/mol. The molecule has 0 aromatic rings. The highest BCUT2D eigenvalue weighted by Crippen LogP contribution is 2.30. The molecule has 0 spiro atoms. The van der Waals surface area contributed by atoms with Gasteiger partial charge in [-0.2, -0.15) is 0 Å². The molecule has 42 valence electrons. The standard InChI is InChI=1S/C5H9ClO/c1-4-5(2,6)3-7-4/h4H,3H2,1-2H3. The summed E-state index contributed by atoms with van der Waals surface area (Å²) in [6.45, 7) is 4.68. The molecule has 1 heterocycles. The van der Waals surface area contributed by atoms with Crippen LogP contribution >= 0.6 is 11.6 Å². The molecule has 2 unspecified atom stereocenters. The lowest BCUT2D eigenvalue weighted by Crippen LogP contribution is -2.49. The van der Waals surface area contributed by atoms with Crippen LogP contribution in [0.1, 0.15) is 13.8 Å². The van der Waals surface area contributed by atoms with E-state index in [1.807, 2.05) is 13.8 Å². The molecule has 0 saturated carbocycles. The van der Waals surface area contributed by atoms with Gasteiger partial charge in [-0.25, -0.2) is 0 Å². The van der Waals surface area contributed by atoms with E-state index < -0.39 is 0 Å². The van der Waals surface area contributed by atoms with E-state index in [0.29, 0.717) is 6.61 Å². The Kier molecular flexibility index (Phi) is 1.05. The largest absolute Gasteiger partial charge is 0.375 e. The van der Waals surface area contributed by atoms with Crippen LogP contribution in [0.5, 0.6) is 0 Å². The van der Waals surface area contributed by atoms with Crippen LogP contribution < -0.4 is 0 Å². The van der Waals surface area contributed by atoms with Crippen molar-refractivity contribution >= 4 is 11.6 Å². The molecule has 0 N–H and O–H groups in total. The van der Waals surface area contributed by atoms with Crippen molar-refractivity contribution in [3.8, 4) is 0 Å². The predicted octanol–water partition coefficient (Wildman–Crippen LogP) is 1.40. The molecule has 0 aromatic heterocycles. The van der Waals surface area contributed by atoms with Crippen molar-refractivity contribution in [2.75, 3.05) is 6.61 Å². The van der Waals surface area contributed by atoms with E-state index in [1.165, 1.54) is 0 Å². The van der Waals surface area contributed by atoms with Gasteiger partial charge in [-0.15, -0.1) is 11.6 Å². The van der Waals surface area contributed by atoms with E-state index in [2.05, 4.69) is 0 Å². The van der Waals surface area contributed by atoms with Crippen LogP contribution in [0.3, 0.4) is 0 Å². The minimum absolute atomic E-state index is 0.0694. The van der Waals surface area contributed by atoms with Gasteiger partial charge in [0.25, 0.3) is 0 Å². The number of ether oxygens (including phenoxy) is 1. The highest BCUT2D eigenvalue weighted by atomic mass is 35.5. The quantitative estimate of drug-likeness (QED) is 0.439. The zero-order valence-corrected chi connectivity index (χ0v) is 5.33. The molecule has 2 atom stereocenters.